The number of phosphoric ester groups is 1. The van der Waals surface area contributed by atoms with Crippen LogP contribution in [0.5, 0.6) is 0 Å². The lowest BCUT2D eigenvalue weighted by Gasteiger charge is -1.98. The van der Waals surface area contributed by atoms with E-state index in [1.807, 2.05) is 0 Å². The predicted octanol–water partition coefficient (Wildman–Crippen LogP) is 0.539. The summed E-state index contributed by atoms with van der Waals surface area (Å²) in [5.74, 6) is -0.981. The highest BCUT2D eigenvalue weighted by atomic mass is 31.2. The molecule has 0 radical (unpaired) electrons. The van der Waals surface area contributed by atoms with Crippen molar-refractivity contribution in [2.75, 3.05) is 6.61 Å². The van der Waals surface area contributed by atoms with Crippen LogP contribution in [0.1, 0.15) is 0 Å². The number of phosphoric acid groups is 1. The Kier molecular flexibility index (Phi) is 8.63. The highest BCUT2D eigenvalue weighted by molar-refractivity contribution is 7.46. The quantitative estimate of drug-likeness (QED) is 0.355. The van der Waals surface area contributed by atoms with E-state index in [2.05, 4.69) is 17.7 Å². The van der Waals surface area contributed by atoms with E-state index in [1.54, 1.807) is 0 Å². The molecule has 0 amide bonds. The molecule has 13 heavy (non-hydrogen) atoms. The van der Waals surface area contributed by atoms with E-state index >= 15 is 0 Å². The highest BCUT2D eigenvalue weighted by Crippen LogP contribution is 2.35. The number of carboxylic acids is 1. The van der Waals surface area contributed by atoms with E-state index in [9.17, 15) is 9.36 Å². The summed E-state index contributed by atoms with van der Waals surface area (Å²) in [6.45, 7) is 6.04. The Morgan fingerprint density at radius 1 is 1.46 bits per heavy atom. The van der Waals surface area contributed by atoms with Crippen LogP contribution in [0.2, 0.25) is 0 Å². The van der Waals surface area contributed by atoms with E-state index in [-0.39, 0.29) is 6.61 Å². The Bertz CT molecular complexity index is 217. The summed E-state index contributed by atoms with van der Waals surface area (Å²) in [5.41, 5.74) is 0. The molecule has 3 N–H and O–H groups in total. The first-order valence-electron chi connectivity index (χ1n) is 2.99. The molecule has 0 atom stereocenters. The number of carboxylic acid groups (broad SMARTS) is 1. The average Bonchev–Trinajstić information content (AvgIpc) is 2.00. The predicted molar refractivity (Wildman–Crippen MR) is 46.0 cm³/mol. The summed E-state index contributed by atoms with van der Waals surface area (Å²) in [6, 6.07) is 0. The van der Waals surface area contributed by atoms with Gasteiger partial charge in [-0.1, -0.05) is 12.7 Å². The van der Waals surface area contributed by atoms with Gasteiger partial charge in [-0.15, -0.1) is 6.58 Å². The molecule has 0 bridgehead atoms. The first kappa shape index (κ1) is 14.6. The zero-order valence-corrected chi connectivity index (χ0v) is 7.68. The maximum atomic E-state index is 9.81. The summed E-state index contributed by atoms with van der Waals surface area (Å²) in [4.78, 5) is 25.2. The van der Waals surface area contributed by atoms with Gasteiger partial charge < -0.3 is 14.9 Å². The number of aliphatic carboxylic acids is 1. The van der Waals surface area contributed by atoms with Crippen LogP contribution in [0.4, 0.5) is 0 Å². The van der Waals surface area contributed by atoms with E-state index < -0.39 is 13.8 Å². The van der Waals surface area contributed by atoms with Gasteiger partial charge in [0.1, 0.15) is 0 Å². The maximum absolute atomic E-state index is 9.81. The second-order valence-electron chi connectivity index (χ2n) is 1.62. The van der Waals surface area contributed by atoms with Gasteiger partial charge in [-0.2, -0.15) is 0 Å². The minimum Gasteiger partial charge on any atom is -0.478 e. The van der Waals surface area contributed by atoms with Gasteiger partial charge in [0.2, 0.25) is 0 Å². The lowest BCUT2D eigenvalue weighted by Crippen LogP contribution is -1.86. The standard InChI is InChI=1S/C3H7O4P.C3H4O2/c1-2-3-7-8(4,5)6;1-2-3(4)5/h2H,1,3H2,(H2,4,5,6);2H,1H2,(H,4,5). The van der Waals surface area contributed by atoms with Crippen LogP contribution >= 0.6 is 7.82 Å². The van der Waals surface area contributed by atoms with E-state index in [0.717, 1.165) is 6.08 Å². The summed E-state index contributed by atoms with van der Waals surface area (Å²) in [6.07, 6.45) is 2.10. The van der Waals surface area contributed by atoms with Crippen molar-refractivity contribution in [3.63, 3.8) is 0 Å². The summed E-state index contributed by atoms with van der Waals surface area (Å²) >= 11 is 0. The fourth-order valence-corrected chi connectivity index (χ4v) is 0.449. The van der Waals surface area contributed by atoms with Crippen LogP contribution in [0.3, 0.4) is 0 Å². The van der Waals surface area contributed by atoms with E-state index in [4.69, 9.17) is 14.9 Å². The Labute approximate surface area is 75.4 Å². The third kappa shape index (κ3) is 24.7. The van der Waals surface area contributed by atoms with Crippen LogP contribution in [-0.4, -0.2) is 27.5 Å². The normalized spacial score (nSPS) is 9.38. The van der Waals surface area contributed by atoms with Crippen LogP contribution in [0.25, 0.3) is 0 Å². The molecule has 0 fully saturated rings. The number of carbonyl (C=O) groups is 1. The largest absolute Gasteiger partial charge is 0.478 e. The Morgan fingerprint density at radius 3 is 1.92 bits per heavy atom. The van der Waals surface area contributed by atoms with Crippen LogP contribution in [0.15, 0.2) is 25.3 Å². The maximum Gasteiger partial charge on any atom is 0.469 e. The first-order chi connectivity index (χ1) is 5.83. The molecule has 0 aromatic heterocycles. The van der Waals surface area contributed by atoms with Crippen molar-refractivity contribution in [2.45, 2.75) is 0 Å². The monoisotopic (exact) mass is 210 g/mol. The van der Waals surface area contributed by atoms with Crippen molar-refractivity contribution in [1.29, 1.82) is 0 Å². The molecule has 0 saturated heterocycles. The molecule has 6 nitrogen and oxygen atoms in total. The van der Waals surface area contributed by atoms with Crippen molar-refractivity contribution in [3.8, 4) is 0 Å². The fraction of sp³-hybridized carbons (Fsp3) is 0.167. The molecule has 0 heterocycles. The third-order valence-corrected chi connectivity index (χ3v) is 1.02. The molecule has 0 spiro atoms. The molecule has 0 aromatic rings. The molecular weight excluding hydrogens is 199 g/mol. The lowest BCUT2D eigenvalue weighted by atomic mass is 10.7. The lowest BCUT2D eigenvalue weighted by molar-refractivity contribution is -0.131. The summed E-state index contributed by atoms with van der Waals surface area (Å²) in [7, 11) is -4.25. The molecule has 0 aliphatic carbocycles. The van der Waals surface area contributed by atoms with Gasteiger partial charge in [0.15, 0.2) is 0 Å². The SMILES string of the molecule is C=CC(=O)O.C=CCOP(=O)(O)O. The van der Waals surface area contributed by atoms with Crippen molar-refractivity contribution in [1.82, 2.24) is 0 Å². The molecule has 0 aliphatic rings. The molecule has 0 unspecified atom stereocenters. The van der Waals surface area contributed by atoms with Crippen LogP contribution < -0.4 is 0 Å². The minimum absolute atomic E-state index is 0.121. The van der Waals surface area contributed by atoms with Gasteiger partial charge in [-0.3, -0.25) is 4.52 Å². The Morgan fingerprint density at radius 2 is 1.85 bits per heavy atom. The van der Waals surface area contributed by atoms with E-state index in [1.165, 1.54) is 6.08 Å². The van der Waals surface area contributed by atoms with E-state index in [0.29, 0.717) is 0 Å². The number of rotatable bonds is 4. The van der Waals surface area contributed by atoms with Gasteiger partial charge in [-0.25, -0.2) is 9.36 Å². The zero-order valence-electron chi connectivity index (χ0n) is 6.79. The topological polar surface area (TPSA) is 104 Å². The van der Waals surface area contributed by atoms with Crippen molar-refractivity contribution in [3.05, 3.63) is 25.3 Å². The van der Waals surface area contributed by atoms with Gasteiger partial charge in [0, 0.05) is 6.08 Å². The highest BCUT2D eigenvalue weighted by Gasteiger charge is 2.10. The summed E-state index contributed by atoms with van der Waals surface area (Å²) < 4.78 is 13.7. The summed E-state index contributed by atoms with van der Waals surface area (Å²) in [5, 5.41) is 7.60. The molecule has 0 aliphatic heterocycles. The first-order valence-corrected chi connectivity index (χ1v) is 4.53. The number of hydrogen-bond acceptors (Lipinski definition) is 3. The second kappa shape index (κ2) is 7.70. The van der Waals surface area contributed by atoms with Gasteiger partial charge in [0.25, 0.3) is 0 Å². The molecule has 0 aromatic carbocycles. The van der Waals surface area contributed by atoms with Gasteiger partial charge >= 0.3 is 13.8 Å². The molecule has 7 heteroatoms. The Hall–Kier alpha value is -0.940. The molecule has 76 valence electrons. The van der Waals surface area contributed by atoms with Crippen molar-refractivity contribution < 1.29 is 28.8 Å². The molecular formula is C6H11O6P. The van der Waals surface area contributed by atoms with Crippen molar-refractivity contribution in [2.24, 2.45) is 0 Å². The average molecular weight is 210 g/mol. The minimum atomic E-state index is -4.25. The van der Waals surface area contributed by atoms with Gasteiger partial charge in [0.05, 0.1) is 6.61 Å². The van der Waals surface area contributed by atoms with Crippen LogP contribution in [0, 0.1) is 0 Å². The molecule has 0 rings (SSSR count). The second-order valence-corrected chi connectivity index (χ2v) is 2.86. The third-order valence-electron chi connectivity index (χ3n) is 0.535. The molecule has 0 saturated carbocycles. The fourth-order valence-electron chi connectivity index (χ4n) is 0.150. The number of hydrogen-bond donors (Lipinski definition) is 3. The van der Waals surface area contributed by atoms with Gasteiger partial charge in [-0.05, 0) is 0 Å². The van der Waals surface area contributed by atoms with Crippen LogP contribution in [-0.2, 0) is 13.9 Å². The van der Waals surface area contributed by atoms with Crippen molar-refractivity contribution >= 4 is 13.8 Å². The Balaban J connectivity index is 0. The zero-order chi connectivity index (χ0) is 10.9. The smallest absolute Gasteiger partial charge is 0.469 e.